The second-order valence-corrected chi connectivity index (χ2v) is 6.20. The smallest absolute Gasteiger partial charge is 0.169 e. The minimum absolute atomic E-state index is 0.0992. The predicted molar refractivity (Wildman–Crippen MR) is 83.0 cm³/mol. The van der Waals surface area contributed by atoms with E-state index in [0.717, 1.165) is 26.1 Å². The maximum Gasteiger partial charge on any atom is 0.169 e. The first kappa shape index (κ1) is 16.1. The molecule has 2 unspecified atom stereocenters. The Labute approximate surface area is 126 Å². The van der Waals surface area contributed by atoms with Crippen molar-refractivity contribution >= 4 is 5.78 Å². The summed E-state index contributed by atoms with van der Waals surface area (Å²) in [5.74, 6) is -0.705. The number of hydrogen-bond acceptors (Lipinski definition) is 3. The quantitative estimate of drug-likeness (QED) is 0.797. The van der Waals surface area contributed by atoms with Crippen LogP contribution < -0.4 is 0 Å². The number of ketones is 1. The van der Waals surface area contributed by atoms with Gasteiger partial charge in [-0.3, -0.25) is 9.69 Å². The van der Waals surface area contributed by atoms with E-state index in [0.29, 0.717) is 12.6 Å². The molecule has 4 heteroatoms. The Bertz CT molecular complexity index is 491. The zero-order valence-corrected chi connectivity index (χ0v) is 13.2. The fourth-order valence-electron chi connectivity index (χ4n) is 3.05. The lowest BCUT2D eigenvalue weighted by Gasteiger charge is -2.29. The molecule has 3 nitrogen and oxygen atoms in total. The number of carbonyl (C=O) groups is 1. The number of nitrogens with zero attached hydrogens (tertiary/aromatic N) is 2. The van der Waals surface area contributed by atoms with Crippen molar-refractivity contribution in [2.24, 2.45) is 5.92 Å². The van der Waals surface area contributed by atoms with Crippen LogP contribution in [0.3, 0.4) is 0 Å². The molecular formula is C17H25FN2O. The summed E-state index contributed by atoms with van der Waals surface area (Å²) in [6.45, 7) is 7.90. The lowest BCUT2D eigenvalue weighted by molar-refractivity contribution is 0.0869. The Morgan fingerprint density at radius 1 is 1.38 bits per heavy atom. The van der Waals surface area contributed by atoms with Crippen LogP contribution in [0.2, 0.25) is 0 Å². The van der Waals surface area contributed by atoms with E-state index in [-0.39, 0.29) is 17.3 Å². The molecule has 0 radical (unpaired) electrons. The first-order chi connectivity index (χ1) is 9.99. The number of halogens is 1. The van der Waals surface area contributed by atoms with Crippen molar-refractivity contribution in [1.29, 1.82) is 0 Å². The molecule has 116 valence electrons. The highest BCUT2D eigenvalue weighted by Gasteiger charge is 2.25. The van der Waals surface area contributed by atoms with E-state index >= 15 is 0 Å². The minimum atomic E-state index is -0.419. The molecule has 1 fully saturated rings. The third-order valence-corrected chi connectivity index (χ3v) is 4.28. The second-order valence-electron chi connectivity index (χ2n) is 6.20. The van der Waals surface area contributed by atoms with Crippen molar-refractivity contribution in [2.75, 3.05) is 33.2 Å². The maximum absolute atomic E-state index is 13.7. The van der Waals surface area contributed by atoms with Gasteiger partial charge in [-0.1, -0.05) is 19.1 Å². The molecule has 0 N–H and O–H groups in total. The molecule has 0 saturated carbocycles. The van der Waals surface area contributed by atoms with Gasteiger partial charge in [0.05, 0.1) is 5.56 Å². The van der Waals surface area contributed by atoms with Gasteiger partial charge in [-0.2, -0.15) is 0 Å². The molecule has 2 atom stereocenters. The molecule has 1 aromatic rings. The Morgan fingerprint density at radius 3 is 2.81 bits per heavy atom. The van der Waals surface area contributed by atoms with Crippen LogP contribution in [0.25, 0.3) is 0 Å². The van der Waals surface area contributed by atoms with Gasteiger partial charge in [-0.25, -0.2) is 4.39 Å². The third-order valence-electron chi connectivity index (χ3n) is 4.28. The van der Waals surface area contributed by atoms with Crippen LogP contribution >= 0.6 is 0 Å². The number of benzene rings is 1. The molecule has 1 saturated heterocycles. The van der Waals surface area contributed by atoms with Gasteiger partial charge < -0.3 is 4.90 Å². The Balaban J connectivity index is 2.02. The van der Waals surface area contributed by atoms with Gasteiger partial charge >= 0.3 is 0 Å². The summed E-state index contributed by atoms with van der Waals surface area (Å²) < 4.78 is 13.7. The van der Waals surface area contributed by atoms with Gasteiger partial charge in [0.25, 0.3) is 0 Å². The van der Waals surface area contributed by atoms with E-state index < -0.39 is 5.82 Å². The molecule has 0 amide bonds. The number of hydrogen-bond donors (Lipinski definition) is 0. The average molecular weight is 292 g/mol. The van der Waals surface area contributed by atoms with Gasteiger partial charge in [0, 0.05) is 25.0 Å². The number of Topliss-reactive ketones (excluding diaryl/α,β-unsaturated/α-hetero) is 1. The number of rotatable bonds is 4. The minimum Gasteiger partial charge on any atom is -0.305 e. The van der Waals surface area contributed by atoms with Gasteiger partial charge in [0.1, 0.15) is 5.82 Å². The first-order valence-corrected chi connectivity index (χ1v) is 7.70. The molecule has 0 spiro atoms. The lowest BCUT2D eigenvalue weighted by Crippen LogP contribution is -2.41. The van der Waals surface area contributed by atoms with Crippen LogP contribution in [0.4, 0.5) is 4.39 Å². The third kappa shape index (κ3) is 4.11. The van der Waals surface area contributed by atoms with Gasteiger partial charge in [0.15, 0.2) is 5.78 Å². The SMILES string of the molecule is CC(CN1CCCN(C)CC1C)C(=O)c1ccccc1F. The fraction of sp³-hybridized carbons (Fsp3) is 0.588. The molecule has 0 aromatic heterocycles. The number of likely N-dealkylation sites (N-methyl/N-ethyl adjacent to an activating group) is 1. The average Bonchev–Trinajstić information content (AvgIpc) is 2.60. The van der Waals surface area contributed by atoms with E-state index in [1.54, 1.807) is 18.2 Å². The van der Waals surface area contributed by atoms with Crippen molar-refractivity contribution in [1.82, 2.24) is 9.80 Å². The molecule has 0 aliphatic carbocycles. The summed E-state index contributed by atoms with van der Waals surface area (Å²) in [6, 6.07) is 6.68. The predicted octanol–water partition coefficient (Wildman–Crippen LogP) is 2.67. The van der Waals surface area contributed by atoms with Crippen LogP contribution in [0, 0.1) is 11.7 Å². The fourth-order valence-corrected chi connectivity index (χ4v) is 3.05. The summed E-state index contributed by atoms with van der Waals surface area (Å²) in [5.41, 5.74) is 0.213. The van der Waals surface area contributed by atoms with E-state index in [4.69, 9.17) is 0 Å². The molecule has 21 heavy (non-hydrogen) atoms. The van der Waals surface area contributed by atoms with Crippen LogP contribution in [0.5, 0.6) is 0 Å². The van der Waals surface area contributed by atoms with Crippen molar-refractivity contribution in [3.63, 3.8) is 0 Å². The monoisotopic (exact) mass is 292 g/mol. The largest absolute Gasteiger partial charge is 0.305 e. The lowest BCUT2D eigenvalue weighted by atomic mass is 9.98. The normalized spacial score (nSPS) is 22.8. The van der Waals surface area contributed by atoms with Crippen LogP contribution in [-0.2, 0) is 0 Å². The summed E-state index contributed by atoms with van der Waals surface area (Å²) in [4.78, 5) is 17.1. The summed E-state index contributed by atoms with van der Waals surface area (Å²) in [7, 11) is 2.13. The Kier molecular flexibility index (Phi) is 5.48. The molecule has 1 aliphatic heterocycles. The first-order valence-electron chi connectivity index (χ1n) is 7.70. The molecule has 2 rings (SSSR count). The van der Waals surface area contributed by atoms with Crippen LogP contribution in [-0.4, -0.2) is 54.9 Å². The highest BCUT2D eigenvalue weighted by atomic mass is 19.1. The molecular weight excluding hydrogens is 267 g/mol. The van der Waals surface area contributed by atoms with E-state index in [1.165, 1.54) is 6.07 Å². The highest BCUT2D eigenvalue weighted by molar-refractivity contribution is 5.98. The Morgan fingerprint density at radius 2 is 2.10 bits per heavy atom. The zero-order chi connectivity index (χ0) is 15.4. The van der Waals surface area contributed by atoms with Gasteiger partial charge in [-0.15, -0.1) is 0 Å². The topological polar surface area (TPSA) is 23.6 Å². The molecule has 1 heterocycles. The number of carbonyl (C=O) groups excluding carboxylic acids is 1. The summed E-state index contributed by atoms with van der Waals surface area (Å²) in [6.07, 6.45) is 1.11. The van der Waals surface area contributed by atoms with Crippen molar-refractivity contribution < 1.29 is 9.18 Å². The molecule has 1 aliphatic rings. The summed E-state index contributed by atoms with van der Waals surface area (Å²) in [5, 5.41) is 0. The Hall–Kier alpha value is -1.26. The standard InChI is InChI=1S/C17H25FN2O/c1-13(17(21)15-7-4-5-8-16(15)18)11-20-10-6-9-19(3)12-14(20)2/h4-5,7-8,13-14H,6,9-12H2,1-3H3. The van der Waals surface area contributed by atoms with Crippen LogP contribution in [0.15, 0.2) is 24.3 Å². The zero-order valence-electron chi connectivity index (χ0n) is 13.2. The summed E-state index contributed by atoms with van der Waals surface area (Å²) >= 11 is 0. The van der Waals surface area contributed by atoms with E-state index in [9.17, 15) is 9.18 Å². The maximum atomic E-state index is 13.7. The second kappa shape index (κ2) is 7.14. The highest BCUT2D eigenvalue weighted by Crippen LogP contribution is 2.16. The van der Waals surface area contributed by atoms with Crippen LogP contribution in [0.1, 0.15) is 30.6 Å². The molecule has 0 bridgehead atoms. The van der Waals surface area contributed by atoms with Gasteiger partial charge in [0.2, 0.25) is 0 Å². The van der Waals surface area contributed by atoms with Crippen molar-refractivity contribution in [3.8, 4) is 0 Å². The van der Waals surface area contributed by atoms with Crippen molar-refractivity contribution in [2.45, 2.75) is 26.3 Å². The van der Waals surface area contributed by atoms with E-state index in [1.807, 2.05) is 6.92 Å². The van der Waals surface area contributed by atoms with E-state index in [2.05, 4.69) is 23.8 Å². The van der Waals surface area contributed by atoms with Crippen molar-refractivity contribution in [3.05, 3.63) is 35.6 Å². The van der Waals surface area contributed by atoms with Gasteiger partial charge in [-0.05, 0) is 45.6 Å². The molecule has 1 aromatic carbocycles.